The fraction of sp³-hybridized carbons (Fsp3) is 0.412. The van der Waals surface area contributed by atoms with E-state index in [9.17, 15) is 4.79 Å². The number of rotatable bonds is 7. The number of nitrogens with zero attached hydrogens (tertiary/aromatic N) is 4. The van der Waals surface area contributed by atoms with Crippen LogP contribution >= 0.6 is 0 Å². The molecule has 0 bridgehead atoms. The largest absolute Gasteiger partial charge is 0.355 e. The van der Waals surface area contributed by atoms with E-state index >= 15 is 0 Å². The minimum Gasteiger partial charge on any atom is -0.355 e. The van der Waals surface area contributed by atoms with Crippen molar-refractivity contribution in [2.24, 2.45) is 4.99 Å². The van der Waals surface area contributed by atoms with Crippen molar-refractivity contribution in [3.63, 3.8) is 0 Å². The van der Waals surface area contributed by atoms with Gasteiger partial charge in [0.2, 0.25) is 0 Å². The van der Waals surface area contributed by atoms with Gasteiger partial charge in [-0.05, 0) is 17.7 Å². The van der Waals surface area contributed by atoms with Crippen LogP contribution in [0, 0.1) is 0 Å². The Bertz CT molecular complexity index is 706. The monoisotopic (exact) mass is 343 g/mol. The molecule has 25 heavy (non-hydrogen) atoms. The summed E-state index contributed by atoms with van der Waals surface area (Å²) in [4.78, 5) is 15.7. The Balaban J connectivity index is 1.79. The molecule has 8 heteroatoms. The van der Waals surface area contributed by atoms with Gasteiger partial charge in [-0.25, -0.2) is 0 Å². The Morgan fingerprint density at radius 1 is 1.24 bits per heavy atom. The van der Waals surface area contributed by atoms with E-state index < -0.39 is 0 Å². The third kappa shape index (κ3) is 5.30. The number of guanidine groups is 1. The predicted molar refractivity (Wildman–Crippen MR) is 97.4 cm³/mol. The van der Waals surface area contributed by atoms with Crippen LogP contribution in [0.25, 0.3) is 0 Å². The van der Waals surface area contributed by atoms with Crippen LogP contribution in [0.15, 0.2) is 35.6 Å². The van der Waals surface area contributed by atoms with Crippen LogP contribution < -0.4 is 16.0 Å². The van der Waals surface area contributed by atoms with E-state index in [1.165, 1.54) is 0 Å². The van der Waals surface area contributed by atoms with Crippen molar-refractivity contribution < 1.29 is 4.79 Å². The fourth-order valence-electron chi connectivity index (χ4n) is 2.36. The van der Waals surface area contributed by atoms with Crippen molar-refractivity contribution in [2.45, 2.75) is 26.4 Å². The first-order chi connectivity index (χ1) is 12.2. The molecule has 0 aliphatic carbocycles. The Kier molecular flexibility index (Phi) is 6.94. The minimum atomic E-state index is -0.0857. The fourth-order valence-corrected chi connectivity index (χ4v) is 2.36. The Labute approximate surface area is 147 Å². The molecule has 2 rings (SSSR count). The van der Waals surface area contributed by atoms with Crippen LogP contribution in [0.3, 0.4) is 0 Å². The highest BCUT2D eigenvalue weighted by molar-refractivity contribution is 5.93. The smallest absolute Gasteiger partial charge is 0.251 e. The molecule has 0 atom stereocenters. The average Bonchev–Trinajstić information content (AvgIpc) is 3.11. The van der Waals surface area contributed by atoms with Crippen LogP contribution in [-0.2, 0) is 19.5 Å². The molecule has 0 radical (unpaired) electrons. The lowest BCUT2D eigenvalue weighted by Gasteiger charge is -2.13. The zero-order valence-electron chi connectivity index (χ0n) is 14.9. The van der Waals surface area contributed by atoms with E-state index in [1.807, 2.05) is 28.8 Å². The molecule has 0 unspecified atom stereocenters. The molecule has 1 amide bonds. The van der Waals surface area contributed by atoms with Crippen molar-refractivity contribution in [3.05, 3.63) is 47.5 Å². The van der Waals surface area contributed by atoms with Gasteiger partial charge in [-0.1, -0.05) is 19.1 Å². The second kappa shape index (κ2) is 9.41. The van der Waals surface area contributed by atoms with Crippen molar-refractivity contribution in [1.82, 2.24) is 30.7 Å². The summed E-state index contributed by atoms with van der Waals surface area (Å²) >= 11 is 0. The second-order valence-corrected chi connectivity index (χ2v) is 5.42. The summed E-state index contributed by atoms with van der Waals surface area (Å²) in [5.74, 6) is 1.61. The maximum absolute atomic E-state index is 11.5. The van der Waals surface area contributed by atoms with Gasteiger partial charge in [0.25, 0.3) is 5.91 Å². The standard InChI is InChI=1S/C17H25N7O/c1-4-15-23-22-12-24(15)10-9-20-17(19-3)21-11-13-5-7-14(8-6-13)16(25)18-2/h5-8,12H,4,9-11H2,1-3H3,(H,18,25)(H2,19,20,21). The molecule has 0 saturated heterocycles. The number of nitrogens with one attached hydrogen (secondary N) is 3. The lowest BCUT2D eigenvalue weighted by atomic mass is 10.1. The van der Waals surface area contributed by atoms with E-state index in [0.29, 0.717) is 12.1 Å². The molecule has 3 N–H and O–H groups in total. The Hall–Kier alpha value is -2.90. The number of benzene rings is 1. The molecule has 2 aromatic rings. The highest BCUT2D eigenvalue weighted by atomic mass is 16.1. The molecule has 134 valence electrons. The SMILES string of the molecule is CCc1nncn1CCNC(=NC)NCc1ccc(C(=O)NC)cc1. The summed E-state index contributed by atoms with van der Waals surface area (Å²) < 4.78 is 2.03. The van der Waals surface area contributed by atoms with Crippen molar-refractivity contribution in [3.8, 4) is 0 Å². The lowest BCUT2D eigenvalue weighted by Crippen LogP contribution is -2.38. The molecule has 1 aromatic carbocycles. The van der Waals surface area contributed by atoms with Crippen molar-refractivity contribution in [1.29, 1.82) is 0 Å². The first-order valence-corrected chi connectivity index (χ1v) is 8.30. The normalized spacial score (nSPS) is 11.2. The van der Waals surface area contributed by atoms with Gasteiger partial charge in [-0.15, -0.1) is 10.2 Å². The summed E-state index contributed by atoms with van der Waals surface area (Å²) in [5.41, 5.74) is 1.72. The third-order valence-electron chi connectivity index (χ3n) is 3.78. The van der Waals surface area contributed by atoms with Gasteiger partial charge < -0.3 is 20.5 Å². The third-order valence-corrected chi connectivity index (χ3v) is 3.78. The van der Waals surface area contributed by atoms with E-state index in [-0.39, 0.29) is 5.91 Å². The highest BCUT2D eigenvalue weighted by Crippen LogP contribution is 2.04. The topological polar surface area (TPSA) is 96.2 Å². The number of hydrogen-bond donors (Lipinski definition) is 3. The quantitative estimate of drug-likeness (QED) is 0.504. The molecular formula is C17H25N7O. The molecule has 0 aliphatic rings. The van der Waals surface area contributed by atoms with Crippen LogP contribution in [0.5, 0.6) is 0 Å². The summed E-state index contributed by atoms with van der Waals surface area (Å²) in [6, 6.07) is 7.47. The molecule has 1 heterocycles. The number of aliphatic imine (C=N–C) groups is 1. The highest BCUT2D eigenvalue weighted by Gasteiger charge is 2.04. The minimum absolute atomic E-state index is 0.0857. The van der Waals surface area contributed by atoms with Crippen LogP contribution in [0.1, 0.15) is 28.7 Å². The first kappa shape index (κ1) is 18.4. The number of carbonyl (C=O) groups excluding carboxylic acids is 1. The zero-order valence-corrected chi connectivity index (χ0v) is 14.9. The predicted octanol–water partition coefficient (Wildman–Crippen LogP) is 0.565. The maximum Gasteiger partial charge on any atom is 0.251 e. The summed E-state index contributed by atoms with van der Waals surface area (Å²) in [6.45, 7) is 4.18. The molecule has 1 aromatic heterocycles. The van der Waals surface area contributed by atoms with Gasteiger partial charge in [0.05, 0.1) is 0 Å². The van der Waals surface area contributed by atoms with Crippen molar-refractivity contribution >= 4 is 11.9 Å². The van der Waals surface area contributed by atoms with E-state index in [2.05, 4.69) is 38.1 Å². The van der Waals surface area contributed by atoms with E-state index in [4.69, 9.17) is 0 Å². The van der Waals surface area contributed by atoms with Gasteiger partial charge >= 0.3 is 0 Å². The first-order valence-electron chi connectivity index (χ1n) is 8.30. The lowest BCUT2D eigenvalue weighted by molar-refractivity contribution is 0.0963. The Morgan fingerprint density at radius 2 is 2.00 bits per heavy atom. The van der Waals surface area contributed by atoms with Crippen LogP contribution in [-0.4, -0.2) is 47.3 Å². The maximum atomic E-state index is 11.5. The molecular weight excluding hydrogens is 318 g/mol. The number of amides is 1. The van der Waals surface area contributed by atoms with Crippen LogP contribution in [0.2, 0.25) is 0 Å². The number of aryl methyl sites for hydroxylation is 1. The van der Waals surface area contributed by atoms with E-state index in [0.717, 1.165) is 36.9 Å². The molecule has 0 fully saturated rings. The second-order valence-electron chi connectivity index (χ2n) is 5.42. The summed E-state index contributed by atoms with van der Waals surface area (Å²) in [6.07, 6.45) is 2.60. The molecule has 8 nitrogen and oxygen atoms in total. The zero-order chi connectivity index (χ0) is 18.1. The van der Waals surface area contributed by atoms with Gasteiger partial charge in [0.1, 0.15) is 12.2 Å². The average molecular weight is 343 g/mol. The molecule has 0 spiro atoms. The van der Waals surface area contributed by atoms with E-state index in [1.54, 1.807) is 20.4 Å². The number of hydrogen-bond acceptors (Lipinski definition) is 4. The van der Waals surface area contributed by atoms with Crippen LogP contribution in [0.4, 0.5) is 0 Å². The van der Waals surface area contributed by atoms with Gasteiger partial charge in [0, 0.05) is 45.7 Å². The number of carbonyl (C=O) groups is 1. The summed E-state index contributed by atoms with van der Waals surface area (Å²) in [7, 11) is 3.36. The van der Waals surface area contributed by atoms with Gasteiger partial charge in [-0.3, -0.25) is 9.79 Å². The molecule has 0 saturated carbocycles. The van der Waals surface area contributed by atoms with Gasteiger partial charge in [0.15, 0.2) is 5.96 Å². The molecule has 0 aliphatic heterocycles. The van der Waals surface area contributed by atoms with Crippen molar-refractivity contribution in [2.75, 3.05) is 20.6 Å². The Morgan fingerprint density at radius 3 is 2.64 bits per heavy atom. The summed E-state index contributed by atoms with van der Waals surface area (Å²) in [5, 5.41) is 17.1. The number of aromatic nitrogens is 3. The van der Waals surface area contributed by atoms with Gasteiger partial charge in [-0.2, -0.15) is 0 Å².